The van der Waals surface area contributed by atoms with Crippen LogP contribution < -0.4 is 10.4 Å². The van der Waals surface area contributed by atoms with E-state index in [1.165, 1.54) is 22.2 Å². The Labute approximate surface area is 133 Å². The van der Waals surface area contributed by atoms with Crippen molar-refractivity contribution in [3.63, 3.8) is 0 Å². The smallest absolute Gasteiger partial charge is 0.368 e. The molecule has 1 aliphatic rings. The van der Waals surface area contributed by atoms with E-state index in [-0.39, 0.29) is 12.3 Å². The van der Waals surface area contributed by atoms with Crippen LogP contribution in [-0.4, -0.2) is 32.6 Å². The van der Waals surface area contributed by atoms with E-state index < -0.39 is 0 Å². The highest BCUT2D eigenvalue weighted by Crippen LogP contribution is 2.31. The molecule has 0 bridgehead atoms. The van der Waals surface area contributed by atoms with Crippen LogP contribution in [0.3, 0.4) is 0 Å². The van der Waals surface area contributed by atoms with Crippen LogP contribution >= 0.6 is 0 Å². The third kappa shape index (κ3) is 3.10. The summed E-state index contributed by atoms with van der Waals surface area (Å²) >= 11 is 0. The lowest BCUT2D eigenvalue weighted by Crippen LogP contribution is -2.23. The van der Waals surface area contributed by atoms with E-state index in [2.05, 4.69) is 15.6 Å². The molecule has 0 spiro atoms. The van der Waals surface area contributed by atoms with Crippen LogP contribution in [0.25, 0.3) is 5.69 Å². The summed E-state index contributed by atoms with van der Waals surface area (Å²) in [5, 5.41) is 11.8. The Morgan fingerprint density at radius 3 is 2.78 bits per heavy atom. The zero-order valence-electron chi connectivity index (χ0n) is 13.4. The fourth-order valence-corrected chi connectivity index (χ4v) is 2.33. The van der Waals surface area contributed by atoms with Crippen LogP contribution in [0, 0.1) is 5.92 Å². The standard InChI is InChI=1S/C15H19N5O3/c1-10(11-7-8-11)16-23-9-12-13(5-4-6-14(12)22-3)20-15(21)19(2)17-18-20/h4-6,11H,7-9H2,1-3H3. The Morgan fingerprint density at radius 2 is 2.17 bits per heavy atom. The maximum Gasteiger partial charge on any atom is 0.368 e. The first-order valence-corrected chi connectivity index (χ1v) is 7.43. The highest BCUT2D eigenvalue weighted by atomic mass is 16.6. The molecule has 0 N–H and O–H groups in total. The molecule has 0 saturated heterocycles. The summed E-state index contributed by atoms with van der Waals surface area (Å²) in [6, 6.07) is 5.37. The molecule has 1 aliphatic carbocycles. The third-order valence-electron chi connectivity index (χ3n) is 3.86. The fraction of sp³-hybridized carbons (Fsp3) is 0.467. The van der Waals surface area contributed by atoms with Gasteiger partial charge < -0.3 is 9.57 Å². The summed E-state index contributed by atoms with van der Waals surface area (Å²) in [6.07, 6.45) is 2.35. The predicted octanol–water partition coefficient (Wildman–Crippen LogP) is 1.28. The minimum atomic E-state index is -0.336. The number of tetrazole rings is 1. The molecule has 0 unspecified atom stereocenters. The Morgan fingerprint density at radius 1 is 1.39 bits per heavy atom. The Bertz CT molecular complexity index is 789. The second kappa shape index (κ2) is 6.23. The van der Waals surface area contributed by atoms with E-state index in [0.29, 0.717) is 22.9 Å². The summed E-state index contributed by atoms with van der Waals surface area (Å²) in [5.41, 5.74) is 1.93. The molecule has 8 heteroatoms. The minimum Gasteiger partial charge on any atom is -0.496 e. The highest BCUT2D eigenvalue weighted by molar-refractivity contribution is 5.85. The number of rotatable bonds is 6. The molecule has 1 saturated carbocycles. The van der Waals surface area contributed by atoms with Crippen molar-refractivity contribution in [1.29, 1.82) is 0 Å². The predicted molar refractivity (Wildman–Crippen MR) is 83.8 cm³/mol. The lowest BCUT2D eigenvalue weighted by atomic mass is 10.1. The van der Waals surface area contributed by atoms with Crippen molar-refractivity contribution in [3.8, 4) is 11.4 Å². The molecule has 1 fully saturated rings. The van der Waals surface area contributed by atoms with Gasteiger partial charge in [-0.2, -0.15) is 9.36 Å². The molecular weight excluding hydrogens is 298 g/mol. The van der Waals surface area contributed by atoms with Crippen molar-refractivity contribution in [2.75, 3.05) is 7.11 Å². The highest BCUT2D eigenvalue weighted by Gasteiger charge is 2.25. The number of methoxy groups -OCH3 is 1. The van der Waals surface area contributed by atoms with Gasteiger partial charge >= 0.3 is 5.69 Å². The zero-order chi connectivity index (χ0) is 16.4. The second-order valence-electron chi connectivity index (χ2n) is 5.54. The van der Waals surface area contributed by atoms with Crippen LogP contribution in [0.5, 0.6) is 5.75 Å². The quantitative estimate of drug-likeness (QED) is 0.592. The van der Waals surface area contributed by atoms with Crippen molar-refractivity contribution in [3.05, 3.63) is 34.2 Å². The first-order chi connectivity index (χ1) is 11.1. The molecule has 0 aliphatic heterocycles. The van der Waals surface area contributed by atoms with Gasteiger partial charge in [0.15, 0.2) is 0 Å². The minimum absolute atomic E-state index is 0.187. The average molecular weight is 317 g/mol. The topological polar surface area (TPSA) is 83.5 Å². The van der Waals surface area contributed by atoms with Gasteiger partial charge in [0.1, 0.15) is 12.4 Å². The van der Waals surface area contributed by atoms with Crippen molar-refractivity contribution in [2.45, 2.75) is 26.4 Å². The van der Waals surface area contributed by atoms with E-state index in [1.807, 2.05) is 6.92 Å². The fourth-order valence-electron chi connectivity index (χ4n) is 2.33. The molecule has 0 atom stereocenters. The molecule has 0 radical (unpaired) electrons. The molecule has 2 aromatic rings. The number of oxime groups is 1. The SMILES string of the molecule is COc1cccc(-n2nnn(C)c2=O)c1CON=C(C)C1CC1. The van der Waals surface area contributed by atoms with E-state index in [4.69, 9.17) is 9.57 Å². The van der Waals surface area contributed by atoms with Gasteiger partial charge in [0.05, 0.1) is 24.1 Å². The molecular formula is C15H19N5O3. The van der Waals surface area contributed by atoms with Crippen molar-refractivity contribution < 1.29 is 9.57 Å². The maximum absolute atomic E-state index is 12.1. The van der Waals surface area contributed by atoms with Gasteiger partial charge in [-0.05, 0) is 42.3 Å². The molecule has 0 amide bonds. The van der Waals surface area contributed by atoms with Gasteiger partial charge in [-0.1, -0.05) is 11.2 Å². The monoisotopic (exact) mass is 317 g/mol. The van der Waals surface area contributed by atoms with E-state index in [1.54, 1.807) is 32.4 Å². The number of ether oxygens (including phenoxy) is 1. The maximum atomic E-state index is 12.1. The first-order valence-electron chi connectivity index (χ1n) is 7.43. The van der Waals surface area contributed by atoms with Gasteiger partial charge in [-0.15, -0.1) is 0 Å². The van der Waals surface area contributed by atoms with Gasteiger partial charge in [0.2, 0.25) is 0 Å². The molecule has 1 aromatic carbocycles. The van der Waals surface area contributed by atoms with Gasteiger partial charge in [-0.25, -0.2) is 4.79 Å². The lowest BCUT2D eigenvalue weighted by Gasteiger charge is -2.12. The molecule has 122 valence electrons. The van der Waals surface area contributed by atoms with Crippen molar-refractivity contribution in [1.82, 2.24) is 19.8 Å². The van der Waals surface area contributed by atoms with Crippen LogP contribution in [0.2, 0.25) is 0 Å². The number of benzene rings is 1. The number of hydrogen-bond donors (Lipinski definition) is 0. The number of nitrogens with zero attached hydrogens (tertiary/aromatic N) is 5. The van der Waals surface area contributed by atoms with Crippen LogP contribution in [0.1, 0.15) is 25.3 Å². The lowest BCUT2D eigenvalue weighted by molar-refractivity contribution is 0.127. The van der Waals surface area contributed by atoms with Crippen molar-refractivity contribution >= 4 is 5.71 Å². The Hall–Kier alpha value is -2.64. The van der Waals surface area contributed by atoms with E-state index in [9.17, 15) is 4.79 Å². The van der Waals surface area contributed by atoms with Crippen LogP contribution in [0.4, 0.5) is 0 Å². The normalized spacial score (nSPS) is 14.8. The second-order valence-corrected chi connectivity index (χ2v) is 5.54. The summed E-state index contributed by atoms with van der Waals surface area (Å²) in [5.74, 6) is 1.16. The summed E-state index contributed by atoms with van der Waals surface area (Å²) in [4.78, 5) is 17.6. The summed E-state index contributed by atoms with van der Waals surface area (Å²) in [6.45, 7) is 2.15. The van der Waals surface area contributed by atoms with Gasteiger partial charge in [-0.3, -0.25) is 0 Å². The zero-order valence-corrected chi connectivity index (χ0v) is 13.4. The largest absolute Gasteiger partial charge is 0.496 e. The number of aromatic nitrogens is 4. The molecule has 23 heavy (non-hydrogen) atoms. The summed E-state index contributed by atoms with van der Waals surface area (Å²) < 4.78 is 7.76. The van der Waals surface area contributed by atoms with E-state index in [0.717, 1.165) is 5.71 Å². The third-order valence-corrected chi connectivity index (χ3v) is 3.86. The number of hydrogen-bond acceptors (Lipinski definition) is 6. The number of aryl methyl sites for hydroxylation is 1. The summed E-state index contributed by atoms with van der Waals surface area (Å²) in [7, 11) is 3.12. The van der Waals surface area contributed by atoms with Gasteiger partial charge in [0, 0.05) is 13.0 Å². The van der Waals surface area contributed by atoms with Crippen molar-refractivity contribution in [2.24, 2.45) is 18.1 Å². The molecule has 3 rings (SSSR count). The average Bonchev–Trinajstić information content (AvgIpc) is 3.35. The molecule has 8 nitrogen and oxygen atoms in total. The Kier molecular flexibility index (Phi) is 4.14. The van der Waals surface area contributed by atoms with Crippen LogP contribution in [0.15, 0.2) is 28.1 Å². The Balaban J connectivity index is 1.92. The van der Waals surface area contributed by atoms with Crippen LogP contribution in [-0.2, 0) is 18.5 Å². The van der Waals surface area contributed by atoms with E-state index >= 15 is 0 Å². The molecule has 1 aromatic heterocycles. The van der Waals surface area contributed by atoms with Gasteiger partial charge in [0.25, 0.3) is 0 Å². The first kappa shape index (κ1) is 15.3. The molecule has 1 heterocycles.